The predicted molar refractivity (Wildman–Crippen MR) is 101 cm³/mol. The number of amides is 1. The molecule has 1 aromatic rings. The van der Waals surface area contributed by atoms with Crippen LogP contribution in [0.15, 0.2) is 18.2 Å². The molecule has 3 rings (SSSR count). The lowest BCUT2D eigenvalue weighted by Crippen LogP contribution is -2.42. The highest BCUT2D eigenvalue weighted by Crippen LogP contribution is 2.28. The molecule has 2 N–H and O–H groups in total. The number of ketones is 1. The van der Waals surface area contributed by atoms with Gasteiger partial charge >= 0.3 is 0 Å². The molecule has 2 aliphatic carbocycles. The molecule has 1 amide bonds. The molecule has 2 aliphatic rings. The van der Waals surface area contributed by atoms with E-state index in [1.54, 1.807) is 26.0 Å². The first-order valence-corrected chi connectivity index (χ1v) is 10.8. The van der Waals surface area contributed by atoms with Crippen molar-refractivity contribution in [2.24, 2.45) is 5.92 Å². The number of carbonyl (C=O) groups is 2. The lowest BCUT2D eigenvalue weighted by Gasteiger charge is -2.28. The number of fused-ring (bicyclic) bond motifs is 1. The normalized spacial score (nSPS) is 23.1. The number of anilines is 1. The number of sulfonamides is 1. The van der Waals surface area contributed by atoms with Crippen molar-refractivity contribution in [2.45, 2.75) is 63.7 Å². The maximum Gasteiger partial charge on any atom is 0.227 e. The smallest absolute Gasteiger partial charge is 0.227 e. The zero-order valence-corrected chi connectivity index (χ0v) is 16.1. The highest BCUT2D eigenvalue weighted by molar-refractivity contribution is 7.90. The molecule has 7 heteroatoms. The molecule has 0 atom stereocenters. The van der Waals surface area contributed by atoms with Crippen molar-refractivity contribution in [3.63, 3.8) is 0 Å². The van der Waals surface area contributed by atoms with Gasteiger partial charge in [-0.15, -0.1) is 0 Å². The SMILES string of the molecule is CC(C)S(=O)(=O)NC1CCC(C(=O)Nc2ccc3c(c2)CCC3=O)CC1. The quantitative estimate of drug-likeness (QED) is 0.824. The van der Waals surface area contributed by atoms with Crippen molar-refractivity contribution >= 4 is 27.4 Å². The molecule has 142 valence electrons. The third-order valence-electron chi connectivity index (χ3n) is 5.34. The predicted octanol–water partition coefficient (Wildman–Crippen LogP) is 2.64. The Kier molecular flexibility index (Phi) is 5.48. The standard InChI is InChI=1S/C19H26N2O4S/c1-12(2)26(24,25)21-15-6-3-13(4-7-15)19(23)20-16-8-9-17-14(11-16)5-10-18(17)22/h8-9,11-13,15,21H,3-7,10H2,1-2H3,(H,20,23). The summed E-state index contributed by atoms with van der Waals surface area (Å²) in [7, 11) is -3.27. The second kappa shape index (κ2) is 7.48. The Balaban J connectivity index is 1.54. The molecule has 0 bridgehead atoms. The Labute approximate surface area is 154 Å². The van der Waals surface area contributed by atoms with Gasteiger partial charge in [-0.3, -0.25) is 9.59 Å². The van der Waals surface area contributed by atoms with Crippen molar-refractivity contribution in [1.29, 1.82) is 0 Å². The summed E-state index contributed by atoms with van der Waals surface area (Å²) in [5.74, 6) is 0.0316. The van der Waals surface area contributed by atoms with Crippen molar-refractivity contribution in [1.82, 2.24) is 4.72 Å². The fraction of sp³-hybridized carbons (Fsp3) is 0.579. The van der Waals surface area contributed by atoms with Crippen LogP contribution in [0, 0.1) is 5.92 Å². The van der Waals surface area contributed by atoms with Crippen LogP contribution in [0.2, 0.25) is 0 Å². The van der Waals surface area contributed by atoms with Crippen LogP contribution < -0.4 is 10.0 Å². The van der Waals surface area contributed by atoms with Crippen LogP contribution in [0.25, 0.3) is 0 Å². The maximum absolute atomic E-state index is 12.5. The molecule has 0 radical (unpaired) electrons. The van der Waals surface area contributed by atoms with Crippen LogP contribution in [0.5, 0.6) is 0 Å². The van der Waals surface area contributed by atoms with Gasteiger partial charge in [0, 0.05) is 29.6 Å². The average Bonchev–Trinajstić information content (AvgIpc) is 2.95. The molecule has 0 saturated heterocycles. The van der Waals surface area contributed by atoms with Gasteiger partial charge < -0.3 is 5.32 Å². The van der Waals surface area contributed by atoms with Crippen LogP contribution in [-0.2, 0) is 21.2 Å². The summed E-state index contributed by atoms with van der Waals surface area (Å²) >= 11 is 0. The molecule has 1 fully saturated rings. The lowest BCUT2D eigenvalue weighted by atomic mass is 9.86. The first-order chi connectivity index (χ1) is 12.3. The van der Waals surface area contributed by atoms with E-state index in [9.17, 15) is 18.0 Å². The van der Waals surface area contributed by atoms with Crippen LogP contribution in [-0.4, -0.2) is 31.4 Å². The van der Waals surface area contributed by atoms with Gasteiger partial charge in [0.05, 0.1) is 5.25 Å². The molecule has 1 saturated carbocycles. The summed E-state index contributed by atoms with van der Waals surface area (Å²) in [4.78, 5) is 24.2. The van der Waals surface area contributed by atoms with E-state index >= 15 is 0 Å². The first kappa shape index (κ1) is 19.0. The fourth-order valence-electron chi connectivity index (χ4n) is 3.62. The number of hydrogen-bond acceptors (Lipinski definition) is 4. The van der Waals surface area contributed by atoms with Crippen molar-refractivity contribution < 1.29 is 18.0 Å². The van der Waals surface area contributed by atoms with Crippen molar-refractivity contribution in [3.8, 4) is 0 Å². The van der Waals surface area contributed by atoms with Crippen molar-refractivity contribution in [3.05, 3.63) is 29.3 Å². The highest BCUT2D eigenvalue weighted by Gasteiger charge is 2.29. The molecule has 1 aromatic carbocycles. The van der Waals surface area contributed by atoms with Crippen molar-refractivity contribution in [2.75, 3.05) is 5.32 Å². The number of aryl methyl sites for hydroxylation is 1. The molecule has 0 spiro atoms. The minimum Gasteiger partial charge on any atom is -0.326 e. The van der Waals surface area contributed by atoms with Gasteiger partial charge in [0.2, 0.25) is 15.9 Å². The van der Waals surface area contributed by atoms with Gasteiger partial charge in [0.1, 0.15) is 0 Å². The van der Waals surface area contributed by atoms with Gasteiger partial charge in [0.15, 0.2) is 5.78 Å². The van der Waals surface area contributed by atoms with E-state index in [-0.39, 0.29) is 23.7 Å². The molecule has 26 heavy (non-hydrogen) atoms. The molecule has 0 unspecified atom stereocenters. The molecule has 0 heterocycles. The number of carbonyl (C=O) groups excluding carboxylic acids is 2. The summed E-state index contributed by atoms with van der Waals surface area (Å²) in [6.07, 6.45) is 3.95. The third-order valence-corrected chi connectivity index (χ3v) is 7.25. The summed E-state index contributed by atoms with van der Waals surface area (Å²) in [5, 5.41) is 2.50. The van der Waals surface area contributed by atoms with Crippen LogP contribution in [0.3, 0.4) is 0 Å². The Bertz CT molecular complexity index is 809. The Morgan fingerprint density at radius 1 is 1.12 bits per heavy atom. The van der Waals surface area contributed by atoms with E-state index < -0.39 is 15.3 Å². The minimum absolute atomic E-state index is 0.0283. The minimum atomic E-state index is -3.27. The van der Waals surface area contributed by atoms with Gasteiger partial charge in [-0.05, 0) is 69.7 Å². The number of hydrogen-bond donors (Lipinski definition) is 2. The number of rotatable bonds is 5. The second-order valence-electron chi connectivity index (χ2n) is 7.54. The van der Waals surface area contributed by atoms with Gasteiger partial charge in [-0.25, -0.2) is 13.1 Å². The number of nitrogens with one attached hydrogen (secondary N) is 2. The number of benzene rings is 1. The van der Waals surface area contributed by atoms with E-state index in [4.69, 9.17) is 0 Å². The third kappa shape index (κ3) is 4.15. The van der Waals surface area contributed by atoms with E-state index in [1.165, 1.54) is 0 Å². The topological polar surface area (TPSA) is 92.3 Å². The first-order valence-electron chi connectivity index (χ1n) is 9.24. The lowest BCUT2D eigenvalue weighted by molar-refractivity contribution is -0.120. The number of Topliss-reactive ketones (excluding diaryl/α,β-unsaturated/α-hetero) is 1. The summed E-state index contributed by atoms with van der Waals surface area (Å²) in [6, 6.07) is 5.37. The Hall–Kier alpha value is -1.73. The second-order valence-corrected chi connectivity index (χ2v) is 9.81. The monoisotopic (exact) mass is 378 g/mol. The maximum atomic E-state index is 12.5. The van der Waals surface area contributed by atoms with Crippen LogP contribution >= 0.6 is 0 Å². The summed E-state index contributed by atoms with van der Waals surface area (Å²) < 4.78 is 26.7. The zero-order valence-electron chi connectivity index (χ0n) is 15.2. The molecule has 0 aliphatic heterocycles. The molecular weight excluding hydrogens is 352 g/mol. The largest absolute Gasteiger partial charge is 0.326 e. The van der Waals surface area contributed by atoms with Gasteiger partial charge in [-0.1, -0.05) is 0 Å². The fourth-order valence-corrected chi connectivity index (χ4v) is 4.59. The highest BCUT2D eigenvalue weighted by atomic mass is 32.2. The summed E-state index contributed by atoms with van der Waals surface area (Å²) in [6.45, 7) is 3.32. The van der Waals surface area contributed by atoms with Gasteiger partial charge in [-0.2, -0.15) is 0 Å². The van der Waals surface area contributed by atoms with Gasteiger partial charge in [0.25, 0.3) is 0 Å². The zero-order chi connectivity index (χ0) is 18.9. The summed E-state index contributed by atoms with van der Waals surface area (Å²) in [5.41, 5.74) is 2.49. The van der Waals surface area contributed by atoms with E-state index in [0.29, 0.717) is 32.1 Å². The Morgan fingerprint density at radius 2 is 1.81 bits per heavy atom. The van der Waals surface area contributed by atoms with Crippen LogP contribution in [0.4, 0.5) is 5.69 Å². The Morgan fingerprint density at radius 3 is 2.46 bits per heavy atom. The molecular formula is C19H26N2O4S. The molecule has 6 nitrogen and oxygen atoms in total. The average molecular weight is 378 g/mol. The van der Waals surface area contributed by atoms with E-state index in [2.05, 4.69) is 10.0 Å². The molecule has 0 aromatic heterocycles. The van der Waals surface area contributed by atoms with E-state index in [0.717, 1.165) is 23.2 Å². The van der Waals surface area contributed by atoms with Crippen LogP contribution in [0.1, 0.15) is 61.9 Å². The van der Waals surface area contributed by atoms with E-state index in [1.807, 2.05) is 6.07 Å².